The van der Waals surface area contributed by atoms with Gasteiger partial charge in [-0.3, -0.25) is 0 Å². The third-order valence-electron chi connectivity index (χ3n) is 11.4. The van der Waals surface area contributed by atoms with E-state index >= 15 is 0 Å². The zero-order valence-corrected chi connectivity index (χ0v) is 36.3. The highest BCUT2D eigenvalue weighted by molar-refractivity contribution is 7.00. The van der Waals surface area contributed by atoms with Crippen molar-refractivity contribution < 1.29 is 19.1 Å². The molecule has 0 fully saturated rings. The average molecular weight is 753 g/mol. The largest absolute Gasteiger partial charge is 0.407 e. The second-order valence-electron chi connectivity index (χ2n) is 18.0. The molecule has 0 radical (unpaired) electrons. The van der Waals surface area contributed by atoms with Crippen molar-refractivity contribution in [1.82, 2.24) is 0 Å². The van der Waals surface area contributed by atoms with Crippen molar-refractivity contribution in [2.45, 2.75) is 111 Å². The van der Waals surface area contributed by atoms with Gasteiger partial charge in [0.05, 0.1) is 18.8 Å². The van der Waals surface area contributed by atoms with Crippen LogP contribution in [0.4, 0.5) is 0 Å². The molecule has 0 bridgehead atoms. The minimum Gasteiger partial charge on any atom is -0.407 e. The smallest absolute Gasteiger partial charge is 0.261 e. The van der Waals surface area contributed by atoms with E-state index in [1.54, 1.807) is 0 Å². The van der Waals surface area contributed by atoms with Crippen LogP contribution in [0.2, 0.25) is 10.1 Å². The fourth-order valence-corrected chi connectivity index (χ4v) is 17.8. The molecule has 0 saturated carbocycles. The molecule has 53 heavy (non-hydrogen) atoms. The lowest BCUT2D eigenvalue weighted by Gasteiger charge is -2.44. The number of hydrogen-bond acceptors (Lipinski definition) is 4. The van der Waals surface area contributed by atoms with Crippen molar-refractivity contribution in [2.75, 3.05) is 13.2 Å². The summed E-state index contributed by atoms with van der Waals surface area (Å²) in [6.07, 6.45) is 1.59. The summed E-state index contributed by atoms with van der Waals surface area (Å²) < 4.78 is 14.2. The fourth-order valence-electron chi connectivity index (χ4n) is 8.58. The van der Waals surface area contributed by atoms with Crippen molar-refractivity contribution >= 4 is 37.4 Å². The Kier molecular flexibility index (Phi) is 15.1. The van der Waals surface area contributed by atoms with E-state index < -0.39 is 28.8 Å². The second-order valence-corrected chi connectivity index (χ2v) is 26.6. The van der Waals surface area contributed by atoms with Gasteiger partial charge in [-0.1, -0.05) is 191 Å². The number of benzene rings is 4. The van der Waals surface area contributed by atoms with Crippen LogP contribution in [0.25, 0.3) is 0 Å². The molecule has 2 N–H and O–H groups in total. The molecule has 0 aliphatic carbocycles. The Hall–Kier alpha value is -2.85. The van der Waals surface area contributed by atoms with Gasteiger partial charge in [-0.25, -0.2) is 0 Å². The molecule has 4 aromatic carbocycles. The quantitative estimate of drug-likeness (QED) is 0.100. The van der Waals surface area contributed by atoms with Gasteiger partial charge in [0.1, 0.15) is 0 Å². The molecule has 288 valence electrons. The van der Waals surface area contributed by atoms with E-state index in [1.807, 2.05) is 0 Å². The van der Waals surface area contributed by atoms with Crippen LogP contribution in [0.15, 0.2) is 121 Å². The Morgan fingerprint density at radius 1 is 0.434 bits per heavy atom. The van der Waals surface area contributed by atoms with Crippen LogP contribution in [0, 0.1) is 23.7 Å². The van der Waals surface area contributed by atoms with Gasteiger partial charge in [0.2, 0.25) is 0 Å². The first-order valence-electron chi connectivity index (χ1n) is 19.9. The molecule has 0 aromatic heterocycles. The van der Waals surface area contributed by atoms with Crippen molar-refractivity contribution in [3.63, 3.8) is 0 Å². The van der Waals surface area contributed by atoms with E-state index in [-0.39, 0.29) is 21.9 Å². The van der Waals surface area contributed by atoms with Gasteiger partial charge in [-0.05, 0) is 67.8 Å². The lowest BCUT2D eigenvalue weighted by atomic mass is 9.84. The zero-order chi connectivity index (χ0) is 38.9. The summed E-state index contributed by atoms with van der Waals surface area (Å²) in [6.45, 7) is 23.3. The van der Waals surface area contributed by atoms with Crippen LogP contribution in [-0.4, -0.2) is 52.3 Å². The maximum absolute atomic E-state index is 11.5. The molecule has 6 atom stereocenters. The molecule has 0 heterocycles. The number of aliphatic hydroxyl groups excluding tert-OH is 2. The third kappa shape index (κ3) is 10.3. The third-order valence-corrected chi connectivity index (χ3v) is 21.4. The second kappa shape index (κ2) is 18.7. The normalized spacial score (nSPS) is 16.4. The van der Waals surface area contributed by atoms with Crippen LogP contribution in [0.5, 0.6) is 0 Å². The summed E-state index contributed by atoms with van der Waals surface area (Å²) in [7, 11) is -5.38. The maximum atomic E-state index is 11.5. The van der Waals surface area contributed by atoms with E-state index in [2.05, 4.69) is 191 Å². The Balaban J connectivity index is 1.36. The summed E-state index contributed by atoms with van der Waals surface area (Å²) >= 11 is 0. The molecule has 0 spiro atoms. The number of hydrogen-bond donors (Lipinski definition) is 2. The summed E-state index contributed by atoms with van der Waals surface area (Å²) in [5.41, 5.74) is 0. The highest BCUT2D eigenvalue weighted by atomic mass is 28.4. The van der Waals surface area contributed by atoms with Gasteiger partial charge < -0.3 is 19.1 Å². The molecule has 6 heteroatoms. The van der Waals surface area contributed by atoms with E-state index in [0.717, 1.165) is 19.3 Å². The fraction of sp³-hybridized carbons (Fsp3) is 0.489. The van der Waals surface area contributed by atoms with Crippen molar-refractivity contribution in [3.8, 4) is 0 Å². The Morgan fingerprint density at radius 3 is 1.09 bits per heavy atom. The van der Waals surface area contributed by atoms with Gasteiger partial charge in [0.25, 0.3) is 16.6 Å². The molecular weight excluding hydrogens is 685 g/mol. The molecule has 4 aromatic rings. The van der Waals surface area contributed by atoms with Crippen LogP contribution in [0.1, 0.15) is 88.5 Å². The molecule has 4 rings (SSSR count). The Bertz CT molecular complexity index is 1420. The van der Waals surface area contributed by atoms with Gasteiger partial charge in [0, 0.05) is 12.5 Å². The maximum Gasteiger partial charge on any atom is 0.261 e. The topological polar surface area (TPSA) is 58.9 Å². The first-order valence-corrected chi connectivity index (χ1v) is 23.7. The highest BCUT2D eigenvalue weighted by Gasteiger charge is 2.51. The van der Waals surface area contributed by atoms with Crippen LogP contribution in [0.3, 0.4) is 0 Å². The molecule has 0 unspecified atom stereocenters. The van der Waals surface area contributed by atoms with Gasteiger partial charge in [-0.15, -0.1) is 0 Å². The van der Waals surface area contributed by atoms with E-state index in [1.165, 1.54) is 20.7 Å². The Labute approximate surface area is 324 Å². The predicted molar refractivity (Wildman–Crippen MR) is 230 cm³/mol. The van der Waals surface area contributed by atoms with Crippen LogP contribution < -0.4 is 20.7 Å². The summed E-state index contributed by atoms with van der Waals surface area (Å²) in [5, 5.41) is 27.8. The van der Waals surface area contributed by atoms with Gasteiger partial charge >= 0.3 is 0 Å². The highest BCUT2D eigenvalue weighted by Crippen LogP contribution is 2.39. The van der Waals surface area contributed by atoms with Crippen molar-refractivity contribution in [3.05, 3.63) is 121 Å². The molecular formula is C47H68O4Si2. The first kappa shape index (κ1) is 42.9. The monoisotopic (exact) mass is 752 g/mol. The van der Waals surface area contributed by atoms with E-state index in [4.69, 9.17) is 8.85 Å². The summed E-state index contributed by atoms with van der Waals surface area (Å²) in [6, 6.07) is 42.7. The van der Waals surface area contributed by atoms with E-state index in [0.29, 0.717) is 25.0 Å². The SMILES string of the molecule is C[C@H](C[C@H](C)C[C@H](C)[C@@H](O)CO[Si](c1ccccc1)(c1ccccc1)C(C)(C)C)C[C@@H](O)[C@H](C)CO[Si](c1ccccc1)(c1ccccc1)C(C)(C)C. The first-order chi connectivity index (χ1) is 25.0. The van der Waals surface area contributed by atoms with Gasteiger partial charge in [-0.2, -0.15) is 0 Å². The minimum atomic E-state index is -2.72. The van der Waals surface area contributed by atoms with Crippen LogP contribution >= 0.6 is 0 Å². The lowest BCUT2D eigenvalue weighted by Crippen LogP contribution is -2.67. The van der Waals surface area contributed by atoms with E-state index in [9.17, 15) is 10.2 Å². The number of rotatable bonds is 18. The van der Waals surface area contributed by atoms with Crippen molar-refractivity contribution in [2.24, 2.45) is 23.7 Å². The predicted octanol–water partition coefficient (Wildman–Crippen LogP) is 8.58. The molecule has 0 saturated heterocycles. The molecule has 4 nitrogen and oxygen atoms in total. The minimum absolute atomic E-state index is 0.00576. The molecule has 0 aliphatic rings. The zero-order valence-electron chi connectivity index (χ0n) is 34.3. The molecule has 0 amide bonds. The van der Waals surface area contributed by atoms with Crippen LogP contribution in [-0.2, 0) is 8.85 Å². The number of aliphatic hydroxyl groups is 2. The Morgan fingerprint density at radius 2 is 0.755 bits per heavy atom. The standard InChI is InChI=1S/C47H68O4Si2/c1-36(32-38(3)45(49)35-51-53(47(8,9)10,42-27-19-13-20-28-42)43-29-21-14-22-30-43)31-37(2)33-44(48)39(4)34-50-52(46(5,6)7,40-23-15-11-16-24-40)41-25-17-12-18-26-41/h11-30,36-39,44-45,48-49H,31-35H2,1-10H3/t36-,37+,38-,39+,44+,45-/m0/s1. The van der Waals surface area contributed by atoms with Gasteiger partial charge in [0.15, 0.2) is 0 Å². The molecule has 0 aliphatic heterocycles. The lowest BCUT2D eigenvalue weighted by molar-refractivity contribution is 0.0451. The summed E-state index contributed by atoms with van der Waals surface area (Å²) in [4.78, 5) is 0. The summed E-state index contributed by atoms with van der Waals surface area (Å²) in [5.74, 6) is 0.819. The average Bonchev–Trinajstić information content (AvgIpc) is 3.12. The van der Waals surface area contributed by atoms with Crippen molar-refractivity contribution in [1.29, 1.82) is 0 Å².